The van der Waals surface area contributed by atoms with Crippen LogP contribution in [-0.4, -0.2) is 21.0 Å². The molecule has 0 bridgehead atoms. The quantitative estimate of drug-likeness (QED) is 0.811. The molecule has 0 unspecified atom stereocenters. The summed E-state index contributed by atoms with van der Waals surface area (Å²) in [4.78, 5) is 18.4. The van der Waals surface area contributed by atoms with Gasteiger partial charge in [0.15, 0.2) is 5.69 Å². The first kappa shape index (κ1) is 10.6. The molecule has 5 heteroatoms. The largest absolute Gasteiger partial charge is 0.477 e. The first-order chi connectivity index (χ1) is 7.66. The first-order valence-electron chi connectivity index (χ1n) is 4.50. The summed E-state index contributed by atoms with van der Waals surface area (Å²) in [5.74, 6) is -1.12. The van der Waals surface area contributed by atoms with Crippen molar-refractivity contribution >= 4 is 17.6 Å². The molecule has 0 aliphatic carbocycles. The van der Waals surface area contributed by atoms with E-state index in [1.165, 1.54) is 6.07 Å². The van der Waals surface area contributed by atoms with Gasteiger partial charge in [-0.15, -0.1) is 0 Å². The average molecular weight is 235 g/mol. The highest BCUT2D eigenvalue weighted by Gasteiger charge is 2.10. The van der Waals surface area contributed by atoms with E-state index in [2.05, 4.69) is 9.97 Å². The van der Waals surface area contributed by atoms with Crippen molar-refractivity contribution in [3.05, 3.63) is 47.4 Å². The summed E-state index contributed by atoms with van der Waals surface area (Å²) in [5, 5.41) is 8.76. The van der Waals surface area contributed by atoms with E-state index in [1.54, 1.807) is 0 Å². The maximum absolute atomic E-state index is 10.8. The Bertz CT molecular complexity index is 529. The van der Waals surface area contributed by atoms with E-state index in [0.717, 1.165) is 5.56 Å². The van der Waals surface area contributed by atoms with E-state index in [9.17, 15) is 4.79 Å². The Hall–Kier alpha value is -1.94. The van der Waals surface area contributed by atoms with Crippen molar-refractivity contribution < 1.29 is 9.90 Å². The topological polar surface area (TPSA) is 63.1 Å². The van der Waals surface area contributed by atoms with E-state index in [1.807, 2.05) is 30.3 Å². The molecule has 0 fully saturated rings. The molecule has 1 N–H and O–H groups in total. The SMILES string of the molecule is O=C(O)c1cc(-c2ccccc2)nc(Cl)n1. The molecular weight excluding hydrogens is 228 g/mol. The van der Waals surface area contributed by atoms with Crippen molar-refractivity contribution in [2.24, 2.45) is 0 Å². The minimum atomic E-state index is -1.12. The number of aromatic carboxylic acids is 1. The van der Waals surface area contributed by atoms with Crippen LogP contribution in [0.5, 0.6) is 0 Å². The number of aromatic nitrogens is 2. The molecule has 1 aromatic carbocycles. The smallest absolute Gasteiger partial charge is 0.354 e. The average Bonchev–Trinajstić information content (AvgIpc) is 2.29. The van der Waals surface area contributed by atoms with Crippen LogP contribution in [0.4, 0.5) is 0 Å². The lowest BCUT2D eigenvalue weighted by molar-refractivity contribution is 0.0690. The Morgan fingerprint density at radius 3 is 2.50 bits per heavy atom. The minimum Gasteiger partial charge on any atom is -0.477 e. The highest BCUT2D eigenvalue weighted by molar-refractivity contribution is 6.28. The molecule has 1 aromatic heterocycles. The lowest BCUT2D eigenvalue weighted by Crippen LogP contribution is -2.02. The van der Waals surface area contributed by atoms with Gasteiger partial charge in [0.2, 0.25) is 5.28 Å². The first-order valence-corrected chi connectivity index (χ1v) is 4.88. The van der Waals surface area contributed by atoms with Gasteiger partial charge in [0.1, 0.15) is 0 Å². The maximum Gasteiger partial charge on any atom is 0.354 e. The molecule has 2 rings (SSSR count). The predicted octanol–water partition coefficient (Wildman–Crippen LogP) is 2.50. The molecule has 0 amide bonds. The zero-order valence-electron chi connectivity index (χ0n) is 8.09. The van der Waals surface area contributed by atoms with Gasteiger partial charge in [0, 0.05) is 5.56 Å². The number of nitrogens with zero attached hydrogens (tertiary/aromatic N) is 2. The molecule has 0 aliphatic rings. The Morgan fingerprint density at radius 1 is 1.19 bits per heavy atom. The van der Waals surface area contributed by atoms with E-state index in [0.29, 0.717) is 5.69 Å². The third-order valence-corrected chi connectivity index (χ3v) is 2.16. The Kier molecular flexibility index (Phi) is 2.83. The molecule has 2 aromatic rings. The third kappa shape index (κ3) is 2.17. The second-order valence-electron chi connectivity index (χ2n) is 3.08. The molecule has 16 heavy (non-hydrogen) atoms. The van der Waals surface area contributed by atoms with Crippen LogP contribution < -0.4 is 0 Å². The highest BCUT2D eigenvalue weighted by Crippen LogP contribution is 2.18. The van der Waals surface area contributed by atoms with Gasteiger partial charge in [-0.25, -0.2) is 14.8 Å². The highest BCUT2D eigenvalue weighted by atomic mass is 35.5. The summed E-state index contributed by atoms with van der Waals surface area (Å²) in [7, 11) is 0. The fraction of sp³-hybridized carbons (Fsp3) is 0. The van der Waals surface area contributed by atoms with Crippen LogP contribution in [0.1, 0.15) is 10.5 Å². The molecule has 0 saturated heterocycles. The van der Waals surface area contributed by atoms with Gasteiger partial charge >= 0.3 is 5.97 Å². The van der Waals surface area contributed by atoms with Crippen LogP contribution in [0.15, 0.2) is 36.4 Å². The van der Waals surface area contributed by atoms with Gasteiger partial charge in [-0.2, -0.15) is 0 Å². The molecule has 80 valence electrons. The Labute approximate surface area is 96.6 Å². The van der Waals surface area contributed by atoms with E-state index in [4.69, 9.17) is 16.7 Å². The van der Waals surface area contributed by atoms with Crippen LogP contribution in [0.3, 0.4) is 0 Å². The second-order valence-corrected chi connectivity index (χ2v) is 3.42. The van der Waals surface area contributed by atoms with Crippen molar-refractivity contribution in [2.45, 2.75) is 0 Å². The van der Waals surface area contributed by atoms with Crippen molar-refractivity contribution in [3.8, 4) is 11.3 Å². The summed E-state index contributed by atoms with van der Waals surface area (Å²) in [5.41, 5.74) is 1.19. The zero-order chi connectivity index (χ0) is 11.5. The van der Waals surface area contributed by atoms with Crippen molar-refractivity contribution in [2.75, 3.05) is 0 Å². The zero-order valence-corrected chi connectivity index (χ0v) is 8.85. The number of hydrogen-bond acceptors (Lipinski definition) is 3. The van der Waals surface area contributed by atoms with E-state index in [-0.39, 0.29) is 11.0 Å². The number of benzene rings is 1. The molecule has 0 saturated carbocycles. The standard InChI is InChI=1S/C11H7ClN2O2/c12-11-13-8(6-9(14-11)10(15)16)7-4-2-1-3-5-7/h1-6H,(H,15,16). The number of halogens is 1. The number of rotatable bonds is 2. The number of carboxylic acids is 1. The van der Waals surface area contributed by atoms with Gasteiger partial charge < -0.3 is 5.11 Å². The van der Waals surface area contributed by atoms with Gasteiger partial charge in [-0.1, -0.05) is 30.3 Å². The van der Waals surface area contributed by atoms with Crippen LogP contribution in [0, 0.1) is 0 Å². The molecule has 0 aliphatic heterocycles. The molecular formula is C11H7ClN2O2. The van der Waals surface area contributed by atoms with Crippen molar-refractivity contribution in [3.63, 3.8) is 0 Å². The summed E-state index contributed by atoms with van der Waals surface area (Å²) in [6.07, 6.45) is 0. The lowest BCUT2D eigenvalue weighted by atomic mass is 10.1. The summed E-state index contributed by atoms with van der Waals surface area (Å²) >= 11 is 5.66. The monoisotopic (exact) mass is 234 g/mol. The van der Waals surface area contributed by atoms with Crippen LogP contribution in [-0.2, 0) is 0 Å². The molecule has 0 spiro atoms. The molecule has 0 atom stereocenters. The minimum absolute atomic E-state index is 0.0706. The predicted molar refractivity (Wildman–Crippen MR) is 59.4 cm³/mol. The summed E-state index contributed by atoms with van der Waals surface area (Å²) in [6, 6.07) is 10.6. The number of carboxylic acid groups (broad SMARTS) is 1. The second kappa shape index (κ2) is 4.28. The number of hydrogen-bond donors (Lipinski definition) is 1. The fourth-order valence-corrected chi connectivity index (χ4v) is 1.47. The molecule has 0 radical (unpaired) electrons. The maximum atomic E-state index is 10.8. The van der Waals surface area contributed by atoms with Crippen molar-refractivity contribution in [1.82, 2.24) is 9.97 Å². The Morgan fingerprint density at radius 2 is 1.88 bits per heavy atom. The van der Waals surface area contributed by atoms with Crippen LogP contribution >= 0.6 is 11.6 Å². The lowest BCUT2D eigenvalue weighted by Gasteiger charge is -2.02. The third-order valence-electron chi connectivity index (χ3n) is 1.99. The number of carbonyl (C=O) groups is 1. The van der Waals surface area contributed by atoms with Crippen LogP contribution in [0.25, 0.3) is 11.3 Å². The van der Waals surface area contributed by atoms with E-state index < -0.39 is 5.97 Å². The van der Waals surface area contributed by atoms with Gasteiger partial charge in [-0.3, -0.25) is 0 Å². The molecule has 4 nitrogen and oxygen atoms in total. The summed E-state index contributed by atoms with van der Waals surface area (Å²) < 4.78 is 0. The van der Waals surface area contributed by atoms with Gasteiger partial charge in [-0.05, 0) is 17.7 Å². The normalized spacial score (nSPS) is 10.1. The fourth-order valence-electron chi connectivity index (χ4n) is 1.28. The summed E-state index contributed by atoms with van der Waals surface area (Å²) in [6.45, 7) is 0. The van der Waals surface area contributed by atoms with Crippen LogP contribution in [0.2, 0.25) is 5.28 Å². The van der Waals surface area contributed by atoms with Gasteiger partial charge in [0.05, 0.1) is 5.69 Å². The van der Waals surface area contributed by atoms with Crippen molar-refractivity contribution in [1.29, 1.82) is 0 Å². The van der Waals surface area contributed by atoms with Gasteiger partial charge in [0.25, 0.3) is 0 Å². The molecule has 1 heterocycles. The van der Waals surface area contributed by atoms with E-state index >= 15 is 0 Å². The Balaban J connectivity index is 2.54.